The number of alkyl halides is 3. The molecule has 0 aliphatic rings. The van der Waals surface area contributed by atoms with Crippen molar-refractivity contribution in [1.29, 1.82) is 0 Å². The van der Waals surface area contributed by atoms with Crippen LogP contribution in [0, 0.1) is 0 Å². The minimum Gasteiger partial charge on any atom is -0.352 e. The number of rotatable bonds is 6. The van der Waals surface area contributed by atoms with Crippen molar-refractivity contribution in [3.05, 3.63) is 89.5 Å². The second-order valence-corrected chi connectivity index (χ2v) is 6.53. The molecular formula is C21H22F3N5. The van der Waals surface area contributed by atoms with Crippen LogP contribution in [0.5, 0.6) is 0 Å². The topological polar surface area (TPSA) is 54.2 Å². The second-order valence-electron chi connectivity index (χ2n) is 6.53. The first-order chi connectivity index (χ1) is 13.9. The number of aliphatic imine (C=N–C) groups is 1. The van der Waals surface area contributed by atoms with E-state index in [2.05, 4.69) is 26.7 Å². The molecule has 29 heavy (non-hydrogen) atoms. The second kappa shape index (κ2) is 9.27. The molecule has 3 rings (SSSR count). The summed E-state index contributed by atoms with van der Waals surface area (Å²) in [6.45, 7) is 1.51. The Balaban J connectivity index is 1.55. The molecule has 2 aromatic carbocycles. The Morgan fingerprint density at radius 1 is 1.00 bits per heavy atom. The summed E-state index contributed by atoms with van der Waals surface area (Å²) in [5.74, 6) is 0.516. The Kier molecular flexibility index (Phi) is 6.54. The highest BCUT2D eigenvalue weighted by Crippen LogP contribution is 2.29. The zero-order chi connectivity index (χ0) is 20.7. The summed E-state index contributed by atoms with van der Waals surface area (Å²) in [5.41, 5.74) is 2.10. The van der Waals surface area contributed by atoms with Crippen LogP contribution in [-0.2, 0) is 25.8 Å². The third-order valence-electron chi connectivity index (χ3n) is 4.31. The first-order valence-electron chi connectivity index (χ1n) is 9.08. The number of nitrogens with zero attached hydrogens (tertiary/aromatic N) is 3. The number of halogens is 3. The fourth-order valence-electron chi connectivity index (χ4n) is 2.88. The number of aromatic nitrogens is 2. The summed E-state index contributed by atoms with van der Waals surface area (Å²) >= 11 is 0. The van der Waals surface area contributed by atoms with Crippen LogP contribution in [0.1, 0.15) is 22.3 Å². The molecule has 2 N–H and O–H groups in total. The number of hydrogen-bond donors (Lipinski definition) is 2. The normalized spacial score (nSPS) is 12.1. The molecule has 0 radical (unpaired) electrons. The molecule has 1 heterocycles. The number of benzene rings is 2. The third-order valence-corrected chi connectivity index (χ3v) is 4.31. The Hall–Kier alpha value is -3.29. The van der Waals surface area contributed by atoms with Gasteiger partial charge in [0.05, 0.1) is 11.9 Å². The Morgan fingerprint density at radius 3 is 2.28 bits per heavy atom. The molecule has 3 aromatic rings. The Labute approximate surface area is 167 Å². The Morgan fingerprint density at radius 2 is 1.66 bits per heavy atom. The number of nitrogens with one attached hydrogen (secondary N) is 2. The zero-order valence-corrected chi connectivity index (χ0v) is 15.9. The first kappa shape index (κ1) is 20.4. The molecule has 0 aliphatic heterocycles. The predicted molar refractivity (Wildman–Crippen MR) is 106 cm³/mol. The van der Waals surface area contributed by atoms with Gasteiger partial charge in [0.15, 0.2) is 5.96 Å². The van der Waals surface area contributed by atoms with Gasteiger partial charge >= 0.3 is 6.18 Å². The molecule has 0 amide bonds. The SMILES string of the molecule is CN=C(NCc1cccc(Cn2ccnc2)c1)NCc1cccc(C(F)(F)F)c1. The minimum absolute atomic E-state index is 0.240. The van der Waals surface area contributed by atoms with Gasteiger partial charge in [0.25, 0.3) is 0 Å². The van der Waals surface area contributed by atoms with Gasteiger partial charge in [-0.3, -0.25) is 4.99 Å². The van der Waals surface area contributed by atoms with Crippen molar-refractivity contribution in [2.75, 3.05) is 7.05 Å². The highest BCUT2D eigenvalue weighted by molar-refractivity contribution is 5.79. The Bertz CT molecular complexity index is 949. The van der Waals surface area contributed by atoms with E-state index in [1.54, 1.807) is 25.6 Å². The summed E-state index contributed by atoms with van der Waals surface area (Å²) in [6, 6.07) is 13.4. The summed E-state index contributed by atoms with van der Waals surface area (Å²) in [5, 5.41) is 6.23. The van der Waals surface area contributed by atoms with Gasteiger partial charge in [-0.2, -0.15) is 13.2 Å². The maximum atomic E-state index is 12.8. The van der Waals surface area contributed by atoms with Crippen molar-refractivity contribution in [3.63, 3.8) is 0 Å². The van der Waals surface area contributed by atoms with E-state index >= 15 is 0 Å². The van der Waals surface area contributed by atoms with Crippen LogP contribution >= 0.6 is 0 Å². The summed E-state index contributed by atoms with van der Waals surface area (Å²) in [6.07, 6.45) is 1.07. The fraction of sp³-hybridized carbons (Fsp3) is 0.238. The van der Waals surface area contributed by atoms with Gasteiger partial charge in [-0.1, -0.05) is 36.4 Å². The lowest BCUT2D eigenvalue weighted by atomic mass is 10.1. The monoisotopic (exact) mass is 401 g/mol. The van der Waals surface area contributed by atoms with E-state index in [4.69, 9.17) is 0 Å². The van der Waals surface area contributed by atoms with E-state index in [0.29, 0.717) is 18.1 Å². The summed E-state index contributed by atoms with van der Waals surface area (Å²) < 4.78 is 40.5. The largest absolute Gasteiger partial charge is 0.416 e. The fourth-order valence-corrected chi connectivity index (χ4v) is 2.88. The molecule has 0 fully saturated rings. The van der Waals surface area contributed by atoms with Gasteiger partial charge in [-0.25, -0.2) is 4.98 Å². The maximum absolute atomic E-state index is 12.8. The van der Waals surface area contributed by atoms with Crippen LogP contribution < -0.4 is 10.6 Å². The molecule has 0 unspecified atom stereocenters. The number of hydrogen-bond acceptors (Lipinski definition) is 2. The van der Waals surface area contributed by atoms with E-state index < -0.39 is 11.7 Å². The van der Waals surface area contributed by atoms with Crippen molar-refractivity contribution in [3.8, 4) is 0 Å². The van der Waals surface area contributed by atoms with Crippen LogP contribution in [0.4, 0.5) is 13.2 Å². The maximum Gasteiger partial charge on any atom is 0.416 e. The lowest BCUT2D eigenvalue weighted by molar-refractivity contribution is -0.137. The van der Waals surface area contributed by atoms with Crippen LogP contribution in [0.25, 0.3) is 0 Å². The van der Waals surface area contributed by atoms with Gasteiger partial charge in [-0.15, -0.1) is 0 Å². The zero-order valence-electron chi connectivity index (χ0n) is 15.9. The quantitative estimate of drug-likeness (QED) is 0.488. The average Bonchev–Trinajstić information content (AvgIpc) is 3.21. The van der Waals surface area contributed by atoms with Crippen LogP contribution in [0.2, 0.25) is 0 Å². The van der Waals surface area contributed by atoms with Gasteiger partial charge < -0.3 is 15.2 Å². The van der Waals surface area contributed by atoms with Crippen LogP contribution in [0.3, 0.4) is 0 Å². The molecule has 0 saturated carbocycles. The lowest BCUT2D eigenvalue weighted by Crippen LogP contribution is -2.36. The van der Waals surface area contributed by atoms with Crippen molar-refractivity contribution < 1.29 is 13.2 Å². The first-order valence-corrected chi connectivity index (χ1v) is 9.08. The van der Waals surface area contributed by atoms with E-state index in [-0.39, 0.29) is 6.54 Å². The molecular weight excluding hydrogens is 379 g/mol. The molecule has 0 atom stereocenters. The van der Waals surface area contributed by atoms with E-state index in [9.17, 15) is 13.2 Å². The van der Waals surface area contributed by atoms with Crippen molar-refractivity contribution >= 4 is 5.96 Å². The van der Waals surface area contributed by atoms with Gasteiger partial charge in [0.1, 0.15) is 0 Å². The van der Waals surface area contributed by atoms with Crippen LogP contribution in [-0.4, -0.2) is 22.6 Å². The van der Waals surface area contributed by atoms with Crippen molar-refractivity contribution in [1.82, 2.24) is 20.2 Å². The summed E-state index contributed by atoms with van der Waals surface area (Å²) in [4.78, 5) is 8.17. The minimum atomic E-state index is -4.35. The van der Waals surface area contributed by atoms with Gasteiger partial charge in [-0.05, 0) is 28.8 Å². The molecule has 0 spiro atoms. The molecule has 1 aromatic heterocycles. The number of guanidine groups is 1. The van der Waals surface area contributed by atoms with Crippen molar-refractivity contribution in [2.24, 2.45) is 4.99 Å². The standard InChI is InChI=1S/C21H22F3N5/c1-25-20(28-13-17-5-3-7-19(11-17)21(22,23)24)27-12-16-4-2-6-18(10-16)14-29-9-8-26-15-29/h2-11,15H,12-14H2,1H3,(H2,25,27,28). The lowest BCUT2D eigenvalue weighted by Gasteiger charge is -2.14. The molecule has 0 bridgehead atoms. The average molecular weight is 401 g/mol. The van der Waals surface area contributed by atoms with Crippen molar-refractivity contribution in [2.45, 2.75) is 25.8 Å². The smallest absolute Gasteiger partial charge is 0.352 e. The van der Waals surface area contributed by atoms with Gasteiger partial charge in [0.2, 0.25) is 0 Å². The molecule has 152 valence electrons. The third kappa shape index (κ3) is 6.10. The van der Waals surface area contributed by atoms with Crippen LogP contribution in [0.15, 0.2) is 72.2 Å². The van der Waals surface area contributed by atoms with E-state index in [1.807, 2.05) is 29.0 Å². The predicted octanol–water partition coefficient (Wildman–Crippen LogP) is 3.82. The number of imidazole rings is 1. The molecule has 0 aliphatic carbocycles. The van der Waals surface area contributed by atoms with Gasteiger partial charge in [0, 0.05) is 39.1 Å². The molecule has 8 heteroatoms. The highest BCUT2D eigenvalue weighted by Gasteiger charge is 2.30. The highest BCUT2D eigenvalue weighted by atomic mass is 19.4. The summed E-state index contributed by atoms with van der Waals surface area (Å²) in [7, 11) is 1.62. The van der Waals surface area contributed by atoms with E-state index in [0.717, 1.165) is 29.8 Å². The van der Waals surface area contributed by atoms with E-state index in [1.165, 1.54) is 6.07 Å². The molecule has 5 nitrogen and oxygen atoms in total. The molecule has 0 saturated heterocycles.